The normalized spacial score (nSPS) is 10.2. The van der Waals surface area contributed by atoms with Crippen LogP contribution in [0.3, 0.4) is 0 Å². The zero-order valence-electron chi connectivity index (χ0n) is 10.1. The third-order valence-corrected chi connectivity index (χ3v) is 2.49. The van der Waals surface area contributed by atoms with Gasteiger partial charge in [0, 0.05) is 0 Å². The molecule has 0 spiro atoms. The minimum Gasteiger partial charge on any atom is -0.489 e. The number of hydrogen-bond donors (Lipinski definition) is 2. The van der Waals surface area contributed by atoms with Gasteiger partial charge in [-0.25, -0.2) is 4.79 Å². The van der Waals surface area contributed by atoms with Gasteiger partial charge in [-0.3, -0.25) is 4.79 Å². The van der Waals surface area contributed by atoms with E-state index >= 15 is 0 Å². The van der Waals surface area contributed by atoms with Gasteiger partial charge in [0.15, 0.2) is 0 Å². The van der Waals surface area contributed by atoms with Crippen molar-refractivity contribution in [3.8, 4) is 5.75 Å². The average Bonchev–Trinajstić information content (AvgIpc) is 2.30. The first kappa shape index (κ1) is 14.5. The molecule has 98 valence electrons. The molecule has 0 bridgehead atoms. The van der Waals surface area contributed by atoms with E-state index in [0.29, 0.717) is 11.4 Å². The summed E-state index contributed by atoms with van der Waals surface area (Å²) in [4.78, 5) is 22.2. The number of carboxylic acid groups (broad SMARTS) is 1. The van der Waals surface area contributed by atoms with Gasteiger partial charge in [0.25, 0.3) is 0 Å². The molecule has 0 atom stereocenters. The molecule has 18 heavy (non-hydrogen) atoms. The van der Waals surface area contributed by atoms with E-state index in [2.05, 4.69) is 21.2 Å². The summed E-state index contributed by atoms with van der Waals surface area (Å²) in [5.41, 5.74) is 0.448. The Hall–Kier alpha value is -1.56. The highest BCUT2D eigenvalue weighted by molar-refractivity contribution is 9.09. The minimum absolute atomic E-state index is 0.0692. The molecule has 0 radical (unpaired) electrons. The number of carbonyl (C=O) groups excluding carboxylic acids is 1. The molecular weight excluding hydrogens is 302 g/mol. The first-order valence-electron chi connectivity index (χ1n) is 5.34. The summed E-state index contributed by atoms with van der Waals surface area (Å²) in [6.07, 6.45) is -0.0692. The number of ether oxygens (including phenoxy) is 1. The summed E-state index contributed by atoms with van der Waals surface area (Å²) in [6.45, 7) is 3.70. The highest BCUT2D eigenvalue weighted by Gasteiger charge is 2.12. The standard InChI is InChI=1S/C12H14BrNO4/c1-7(2)18-10-4-3-8(12(16)17)5-9(10)14-11(15)6-13/h3-5,7H,6H2,1-2H3,(H,14,15)(H,16,17). The van der Waals surface area contributed by atoms with Crippen molar-refractivity contribution in [2.75, 3.05) is 10.6 Å². The van der Waals surface area contributed by atoms with Gasteiger partial charge in [-0.05, 0) is 32.0 Å². The fourth-order valence-electron chi connectivity index (χ4n) is 1.30. The zero-order valence-corrected chi connectivity index (χ0v) is 11.7. The topological polar surface area (TPSA) is 75.6 Å². The van der Waals surface area contributed by atoms with Gasteiger partial charge in [-0.15, -0.1) is 0 Å². The Morgan fingerprint density at radius 2 is 2.11 bits per heavy atom. The van der Waals surface area contributed by atoms with Crippen molar-refractivity contribution < 1.29 is 19.4 Å². The summed E-state index contributed by atoms with van der Waals surface area (Å²) < 4.78 is 5.50. The molecule has 0 aromatic heterocycles. The lowest BCUT2D eigenvalue weighted by molar-refractivity contribution is -0.113. The molecular formula is C12H14BrNO4. The lowest BCUT2D eigenvalue weighted by Gasteiger charge is -2.15. The number of anilines is 1. The third-order valence-electron chi connectivity index (χ3n) is 1.98. The second-order valence-electron chi connectivity index (χ2n) is 3.86. The van der Waals surface area contributed by atoms with Crippen LogP contribution in [0.25, 0.3) is 0 Å². The number of hydrogen-bond acceptors (Lipinski definition) is 3. The van der Waals surface area contributed by atoms with E-state index in [4.69, 9.17) is 9.84 Å². The Kier molecular flexibility index (Phi) is 5.15. The summed E-state index contributed by atoms with van der Waals surface area (Å²) in [5.74, 6) is -0.879. The van der Waals surface area contributed by atoms with E-state index in [-0.39, 0.29) is 22.9 Å². The number of carbonyl (C=O) groups is 2. The van der Waals surface area contributed by atoms with Crippen LogP contribution in [-0.2, 0) is 4.79 Å². The van der Waals surface area contributed by atoms with Crippen molar-refractivity contribution in [1.29, 1.82) is 0 Å². The Bertz CT molecular complexity index is 459. The molecule has 5 nitrogen and oxygen atoms in total. The van der Waals surface area contributed by atoms with E-state index in [1.54, 1.807) is 0 Å². The zero-order chi connectivity index (χ0) is 13.7. The molecule has 0 fully saturated rings. The van der Waals surface area contributed by atoms with Crippen molar-refractivity contribution in [2.24, 2.45) is 0 Å². The SMILES string of the molecule is CC(C)Oc1ccc(C(=O)O)cc1NC(=O)CBr. The fourth-order valence-corrected chi connectivity index (χ4v) is 1.44. The van der Waals surface area contributed by atoms with Crippen LogP contribution in [0, 0.1) is 0 Å². The number of halogens is 1. The Labute approximate surface area is 113 Å². The molecule has 0 heterocycles. The number of carboxylic acids is 1. The summed E-state index contributed by atoms with van der Waals surface area (Å²) in [6, 6.07) is 4.34. The predicted molar refractivity (Wildman–Crippen MR) is 71.6 cm³/mol. The van der Waals surface area contributed by atoms with Crippen LogP contribution in [-0.4, -0.2) is 28.4 Å². The lowest BCUT2D eigenvalue weighted by Crippen LogP contribution is -2.15. The van der Waals surface area contributed by atoms with E-state index < -0.39 is 5.97 Å². The van der Waals surface area contributed by atoms with Crippen molar-refractivity contribution in [1.82, 2.24) is 0 Å². The summed E-state index contributed by atoms with van der Waals surface area (Å²) in [5, 5.41) is 11.6. The van der Waals surface area contributed by atoms with Crippen molar-refractivity contribution >= 4 is 33.5 Å². The number of rotatable bonds is 5. The Morgan fingerprint density at radius 1 is 1.44 bits per heavy atom. The molecule has 1 amide bonds. The smallest absolute Gasteiger partial charge is 0.335 e. The Morgan fingerprint density at radius 3 is 2.61 bits per heavy atom. The molecule has 1 aromatic carbocycles. The second kappa shape index (κ2) is 6.39. The van der Waals surface area contributed by atoms with Crippen LogP contribution < -0.4 is 10.1 Å². The van der Waals surface area contributed by atoms with Gasteiger partial charge in [0.05, 0.1) is 22.7 Å². The summed E-state index contributed by atoms with van der Waals surface area (Å²) >= 11 is 3.03. The Balaban J connectivity index is 3.09. The van der Waals surface area contributed by atoms with Crippen LogP contribution in [0.5, 0.6) is 5.75 Å². The largest absolute Gasteiger partial charge is 0.489 e. The molecule has 0 aliphatic heterocycles. The minimum atomic E-state index is -1.06. The van der Waals surface area contributed by atoms with Crippen molar-refractivity contribution in [2.45, 2.75) is 20.0 Å². The maximum absolute atomic E-state index is 11.3. The molecule has 6 heteroatoms. The van der Waals surface area contributed by atoms with E-state index in [1.807, 2.05) is 13.8 Å². The van der Waals surface area contributed by atoms with Gasteiger partial charge in [0.2, 0.25) is 5.91 Å². The molecule has 0 saturated carbocycles. The number of alkyl halides is 1. The molecule has 0 unspecified atom stereocenters. The molecule has 0 saturated heterocycles. The van der Waals surface area contributed by atoms with E-state index in [9.17, 15) is 9.59 Å². The second-order valence-corrected chi connectivity index (χ2v) is 4.43. The third kappa shape index (κ3) is 4.03. The number of amides is 1. The molecule has 0 aliphatic rings. The van der Waals surface area contributed by atoms with Crippen LogP contribution >= 0.6 is 15.9 Å². The van der Waals surface area contributed by atoms with Gasteiger partial charge >= 0.3 is 5.97 Å². The lowest BCUT2D eigenvalue weighted by atomic mass is 10.2. The number of benzene rings is 1. The van der Waals surface area contributed by atoms with Crippen molar-refractivity contribution in [3.63, 3.8) is 0 Å². The number of aromatic carboxylic acids is 1. The van der Waals surface area contributed by atoms with Crippen LogP contribution in [0.1, 0.15) is 24.2 Å². The van der Waals surface area contributed by atoms with Gasteiger partial charge in [0.1, 0.15) is 5.75 Å². The number of nitrogens with one attached hydrogen (secondary N) is 1. The quantitative estimate of drug-likeness (QED) is 0.819. The monoisotopic (exact) mass is 315 g/mol. The predicted octanol–water partition coefficient (Wildman–Crippen LogP) is 2.51. The highest BCUT2D eigenvalue weighted by Crippen LogP contribution is 2.27. The van der Waals surface area contributed by atoms with Gasteiger partial charge in [-0.2, -0.15) is 0 Å². The van der Waals surface area contributed by atoms with Crippen LogP contribution in [0.2, 0.25) is 0 Å². The molecule has 0 aliphatic carbocycles. The van der Waals surface area contributed by atoms with Crippen molar-refractivity contribution in [3.05, 3.63) is 23.8 Å². The van der Waals surface area contributed by atoms with Crippen LogP contribution in [0.15, 0.2) is 18.2 Å². The fraction of sp³-hybridized carbons (Fsp3) is 0.333. The van der Waals surface area contributed by atoms with E-state index in [0.717, 1.165) is 0 Å². The molecule has 2 N–H and O–H groups in total. The van der Waals surface area contributed by atoms with Gasteiger partial charge in [-0.1, -0.05) is 15.9 Å². The average molecular weight is 316 g/mol. The maximum atomic E-state index is 11.3. The first-order valence-corrected chi connectivity index (χ1v) is 6.46. The van der Waals surface area contributed by atoms with Crippen LogP contribution in [0.4, 0.5) is 5.69 Å². The highest BCUT2D eigenvalue weighted by atomic mass is 79.9. The maximum Gasteiger partial charge on any atom is 0.335 e. The van der Waals surface area contributed by atoms with E-state index in [1.165, 1.54) is 18.2 Å². The van der Waals surface area contributed by atoms with Gasteiger partial charge < -0.3 is 15.2 Å². The molecule has 1 rings (SSSR count). The first-order chi connectivity index (χ1) is 8.43. The molecule has 1 aromatic rings. The summed E-state index contributed by atoms with van der Waals surface area (Å²) in [7, 11) is 0.